The normalized spacial score (nSPS) is 11.9. The van der Waals surface area contributed by atoms with Crippen LogP contribution in [0.3, 0.4) is 0 Å². The zero-order valence-electron chi connectivity index (χ0n) is 9.19. The van der Waals surface area contributed by atoms with Crippen LogP contribution in [-0.2, 0) is 10.2 Å². The quantitative estimate of drug-likeness (QED) is 0.607. The van der Waals surface area contributed by atoms with Crippen LogP contribution in [0.4, 0.5) is 0 Å². The van der Waals surface area contributed by atoms with Gasteiger partial charge >= 0.3 is 0 Å². The summed E-state index contributed by atoms with van der Waals surface area (Å²) in [6.45, 7) is 4.90. The summed E-state index contributed by atoms with van der Waals surface area (Å²) in [7, 11) is -3.36. The van der Waals surface area contributed by atoms with Gasteiger partial charge in [-0.25, -0.2) is 4.72 Å². The molecule has 0 aliphatic carbocycles. The van der Waals surface area contributed by atoms with Crippen molar-refractivity contribution in [2.45, 2.75) is 26.7 Å². The number of rotatable bonds is 8. The second-order valence-electron chi connectivity index (χ2n) is 3.11. The van der Waals surface area contributed by atoms with Crippen LogP contribution in [0.1, 0.15) is 26.7 Å². The molecule has 0 saturated heterocycles. The first-order valence-electron chi connectivity index (χ1n) is 4.97. The average molecular weight is 253 g/mol. The number of thiocarbonyl (C=S) groups is 1. The van der Waals surface area contributed by atoms with Crippen molar-refractivity contribution in [1.82, 2.24) is 9.03 Å². The van der Waals surface area contributed by atoms with Crippen LogP contribution in [0.5, 0.6) is 0 Å². The molecule has 0 amide bonds. The summed E-state index contributed by atoms with van der Waals surface area (Å²) >= 11 is 4.71. The van der Waals surface area contributed by atoms with Crippen molar-refractivity contribution < 1.29 is 8.42 Å². The lowest BCUT2D eigenvalue weighted by molar-refractivity contribution is 0.427. The van der Waals surface area contributed by atoms with Crippen molar-refractivity contribution in [2.75, 3.05) is 19.6 Å². The molecular weight excluding hydrogens is 234 g/mol. The second kappa shape index (κ2) is 7.10. The molecule has 0 bridgehead atoms. The molecule has 0 spiro atoms. The topological polar surface area (TPSA) is 75.4 Å². The van der Waals surface area contributed by atoms with Gasteiger partial charge in [0.05, 0.1) is 4.99 Å². The van der Waals surface area contributed by atoms with Crippen LogP contribution in [0, 0.1) is 0 Å². The van der Waals surface area contributed by atoms with Gasteiger partial charge in [0.1, 0.15) is 0 Å². The molecule has 0 atom stereocenters. The van der Waals surface area contributed by atoms with Crippen molar-refractivity contribution in [3.8, 4) is 0 Å². The Kier molecular flexibility index (Phi) is 6.99. The summed E-state index contributed by atoms with van der Waals surface area (Å²) in [5.74, 6) is 0. The summed E-state index contributed by atoms with van der Waals surface area (Å²) in [6, 6.07) is 0. The number of nitrogens with two attached hydrogens (primary N) is 1. The summed E-state index contributed by atoms with van der Waals surface area (Å²) in [5, 5.41) is 0. The summed E-state index contributed by atoms with van der Waals surface area (Å²) in [6.07, 6.45) is 1.18. The lowest BCUT2D eigenvalue weighted by atomic mass is 10.4. The zero-order valence-corrected chi connectivity index (χ0v) is 10.8. The van der Waals surface area contributed by atoms with Gasteiger partial charge in [-0.05, 0) is 6.42 Å². The van der Waals surface area contributed by atoms with Crippen LogP contribution in [0.25, 0.3) is 0 Å². The number of nitrogens with zero attached hydrogens (tertiary/aromatic N) is 1. The van der Waals surface area contributed by atoms with Crippen molar-refractivity contribution in [2.24, 2.45) is 5.73 Å². The highest BCUT2D eigenvalue weighted by Crippen LogP contribution is 1.99. The lowest BCUT2D eigenvalue weighted by Gasteiger charge is -2.20. The molecule has 0 heterocycles. The Hall–Kier alpha value is -0.240. The van der Waals surface area contributed by atoms with Gasteiger partial charge in [-0.3, -0.25) is 0 Å². The van der Waals surface area contributed by atoms with Gasteiger partial charge < -0.3 is 5.73 Å². The molecule has 0 aromatic carbocycles. The fourth-order valence-corrected chi connectivity index (χ4v) is 2.41. The largest absolute Gasteiger partial charge is 0.393 e. The minimum absolute atomic E-state index is 0.333. The van der Waals surface area contributed by atoms with Gasteiger partial charge in [0.25, 0.3) is 10.2 Å². The van der Waals surface area contributed by atoms with E-state index in [9.17, 15) is 8.42 Å². The van der Waals surface area contributed by atoms with Crippen molar-refractivity contribution in [3.63, 3.8) is 0 Å². The predicted molar refractivity (Wildman–Crippen MR) is 65.9 cm³/mol. The maximum absolute atomic E-state index is 11.7. The van der Waals surface area contributed by atoms with Crippen molar-refractivity contribution >= 4 is 27.4 Å². The van der Waals surface area contributed by atoms with Crippen LogP contribution in [0.15, 0.2) is 0 Å². The van der Waals surface area contributed by atoms with Crippen LogP contribution in [0.2, 0.25) is 0 Å². The molecule has 7 heteroatoms. The van der Waals surface area contributed by atoms with Gasteiger partial charge in [-0.2, -0.15) is 12.7 Å². The molecule has 0 saturated carbocycles. The highest BCUT2D eigenvalue weighted by Gasteiger charge is 2.18. The highest BCUT2D eigenvalue weighted by atomic mass is 32.2. The average Bonchev–Trinajstić information content (AvgIpc) is 2.15. The first kappa shape index (κ1) is 14.8. The molecule has 0 fully saturated rings. The molecule has 0 radical (unpaired) electrons. The summed E-state index contributed by atoms with van der Waals surface area (Å²) < 4.78 is 27.2. The molecule has 0 aromatic rings. The highest BCUT2D eigenvalue weighted by molar-refractivity contribution is 7.87. The van der Waals surface area contributed by atoms with E-state index in [1.165, 1.54) is 4.31 Å². The molecule has 0 unspecified atom stereocenters. The Bertz CT molecular complexity index is 290. The Labute approximate surface area is 97.2 Å². The predicted octanol–water partition coefficient (Wildman–Crippen LogP) is 0.229. The Balaban J connectivity index is 4.31. The van der Waals surface area contributed by atoms with Crippen LogP contribution in [-0.4, -0.2) is 37.3 Å². The molecule has 5 nitrogen and oxygen atoms in total. The fraction of sp³-hybridized carbons (Fsp3) is 0.875. The minimum atomic E-state index is -3.36. The Morgan fingerprint density at radius 2 is 2.07 bits per heavy atom. The van der Waals surface area contributed by atoms with Gasteiger partial charge in [-0.15, -0.1) is 0 Å². The Morgan fingerprint density at radius 1 is 1.47 bits per heavy atom. The Morgan fingerprint density at radius 3 is 2.47 bits per heavy atom. The third kappa shape index (κ3) is 6.03. The van der Waals surface area contributed by atoms with Crippen LogP contribution >= 0.6 is 12.2 Å². The van der Waals surface area contributed by atoms with Gasteiger partial charge in [0.2, 0.25) is 0 Å². The SMILES string of the molecule is CCCNS(=O)(=O)N(CC)CCC(N)=S. The summed E-state index contributed by atoms with van der Waals surface area (Å²) in [5.41, 5.74) is 5.33. The fourth-order valence-electron chi connectivity index (χ4n) is 1.01. The van der Waals surface area contributed by atoms with Crippen molar-refractivity contribution in [3.05, 3.63) is 0 Å². The number of hydrogen-bond donors (Lipinski definition) is 2. The molecule has 0 aliphatic rings. The smallest absolute Gasteiger partial charge is 0.279 e. The molecule has 0 aromatic heterocycles. The van der Waals surface area contributed by atoms with Gasteiger partial charge in [0.15, 0.2) is 0 Å². The third-order valence-corrected chi connectivity index (χ3v) is 3.73. The van der Waals surface area contributed by atoms with E-state index in [1.54, 1.807) is 6.92 Å². The van der Waals surface area contributed by atoms with E-state index >= 15 is 0 Å². The number of hydrogen-bond acceptors (Lipinski definition) is 3. The van der Waals surface area contributed by atoms with E-state index in [0.29, 0.717) is 31.0 Å². The molecule has 3 N–H and O–H groups in total. The summed E-state index contributed by atoms with van der Waals surface area (Å²) in [4.78, 5) is 0.333. The van der Waals surface area contributed by atoms with E-state index in [4.69, 9.17) is 18.0 Å². The zero-order chi connectivity index (χ0) is 11.9. The second-order valence-corrected chi connectivity index (χ2v) is 5.39. The van der Waals surface area contributed by atoms with E-state index in [2.05, 4.69) is 4.72 Å². The monoisotopic (exact) mass is 253 g/mol. The maximum Gasteiger partial charge on any atom is 0.279 e. The van der Waals surface area contributed by atoms with Gasteiger partial charge in [0, 0.05) is 26.1 Å². The van der Waals surface area contributed by atoms with E-state index in [1.807, 2.05) is 6.92 Å². The number of nitrogens with one attached hydrogen (secondary N) is 1. The first-order valence-corrected chi connectivity index (χ1v) is 6.81. The molecular formula is C8H19N3O2S2. The molecule has 0 rings (SSSR count). The lowest BCUT2D eigenvalue weighted by Crippen LogP contribution is -2.42. The van der Waals surface area contributed by atoms with E-state index < -0.39 is 10.2 Å². The van der Waals surface area contributed by atoms with Gasteiger partial charge in [-0.1, -0.05) is 26.1 Å². The third-order valence-electron chi connectivity index (χ3n) is 1.83. The minimum Gasteiger partial charge on any atom is -0.393 e. The first-order chi connectivity index (χ1) is 6.94. The standard InChI is InChI=1S/C8H19N3O2S2/c1-3-6-10-15(12,13)11(4-2)7-5-8(9)14/h10H,3-7H2,1-2H3,(H2,9,14). The van der Waals surface area contributed by atoms with Crippen molar-refractivity contribution in [1.29, 1.82) is 0 Å². The van der Waals surface area contributed by atoms with E-state index in [0.717, 1.165) is 6.42 Å². The van der Waals surface area contributed by atoms with Crippen LogP contribution < -0.4 is 10.5 Å². The molecule has 15 heavy (non-hydrogen) atoms. The molecule has 0 aliphatic heterocycles. The van der Waals surface area contributed by atoms with E-state index in [-0.39, 0.29) is 0 Å². The molecule has 90 valence electrons. The maximum atomic E-state index is 11.7.